The summed E-state index contributed by atoms with van der Waals surface area (Å²) in [4.78, 5) is 11.7. The van der Waals surface area contributed by atoms with Gasteiger partial charge in [0.25, 0.3) is 0 Å². The lowest BCUT2D eigenvalue weighted by molar-refractivity contribution is -0.117. The van der Waals surface area contributed by atoms with Crippen molar-refractivity contribution in [2.75, 3.05) is 11.9 Å². The van der Waals surface area contributed by atoms with E-state index in [1.165, 1.54) is 38.5 Å². The van der Waals surface area contributed by atoms with Crippen molar-refractivity contribution in [3.63, 3.8) is 0 Å². The standard InChI is InChI=1S/C17H27NO/c1-2-3-4-5-6-7-11-14-17(19)15-18-16-12-9-8-10-13-16/h8-10,12-13,18H,2-7,11,14-15H2,1H3. The minimum atomic E-state index is 0.317. The molecule has 0 amide bonds. The highest BCUT2D eigenvalue weighted by Gasteiger charge is 2.01. The second-order valence-corrected chi connectivity index (χ2v) is 5.13. The molecule has 0 aliphatic heterocycles. The van der Waals surface area contributed by atoms with E-state index in [0.717, 1.165) is 12.1 Å². The molecule has 1 rings (SSSR count). The van der Waals surface area contributed by atoms with E-state index >= 15 is 0 Å². The van der Waals surface area contributed by atoms with E-state index in [1.807, 2.05) is 30.3 Å². The highest BCUT2D eigenvalue weighted by Crippen LogP contribution is 2.09. The van der Waals surface area contributed by atoms with Crippen LogP contribution in [0.1, 0.15) is 58.3 Å². The normalized spacial score (nSPS) is 10.4. The molecule has 0 unspecified atom stereocenters. The molecule has 0 spiro atoms. The molecule has 1 N–H and O–H groups in total. The maximum atomic E-state index is 11.7. The second-order valence-electron chi connectivity index (χ2n) is 5.13. The van der Waals surface area contributed by atoms with E-state index in [-0.39, 0.29) is 0 Å². The van der Waals surface area contributed by atoms with E-state index in [0.29, 0.717) is 18.7 Å². The summed E-state index contributed by atoms with van der Waals surface area (Å²) in [5, 5.41) is 3.16. The van der Waals surface area contributed by atoms with Crippen molar-refractivity contribution in [1.82, 2.24) is 0 Å². The Morgan fingerprint density at radius 2 is 1.58 bits per heavy atom. The Labute approximate surface area is 117 Å². The fraction of sp³-hybridized carbons (Fsp3) is 0.588. The van der Waals surface area contributed by atoms with E-state index in [4.69, 9.17) is 0 Å². The zero-order valence-corrected chi connectivity index (χ0v) is 12.2. The molecule has 19 heavy (non-hydrogen) atoms. The highest BCUT2D eigenvalue weighted by atomic mass is 16.1. The van der Waals surface area contributed by atoms with Crippen LogP contribution in [0.25, 0.3) is 0 Å². The molecule has 0 saturated carbocycles. The Morgan fingerprint density at radius 1 is 0.947 bits per heavy atom. The number of para-hydroxylation sites is 1. The number of nitrogens with one attached hydrogen (secondary N) is 1. The molecule has 0 heterocycles. The fourth-order valence-electron chi connectivity index (χ4n) is 2.12. The number of carbonyl (C=O) groups excluding carboxylic acids is 1. The summed E-state index contributed by atoms with van der Waals surface area (Å²) in [6, 6.07) is 9.90. The lowest BCUT2D eigenvalue weighted by Crippen LogP contribution is -2.13. The lowest BCUT2D eigenvalue weighted by Gasteiger charge is -2.05. The quantitative estimate of drug-likeness (QED) is 0.579. The average molecular weight is 261 g/mol. The summed E-state index contributed by atoms with van der Waals surface area (Å²) in [5.74, 6) is 0.317. The molecule has 2 nitrogen and oxygen atoms in total. The van der Waals surface area contributed by atoms with Crippen molar-refractivity contribution in [2.24, 2.45) is 0 Å². The zero-order chi connectivity index (χ0) is 13.8. The number of anilines is 1. The van der Waals surface area contributed by atoms with Crippen molar-refractivity contribution in [3.05, 3.63) is 30.3 Å². The first-order valence-electron chi connectivity index (χ1n) is 7.63. The zero-order valence-electron chi connectivity index (χ0n) is 12.2. The van der Waals surface area contributed by atoms with Gasteiger partial charge in [-0.2, -0.15) is 0 Å². The van der Waals surface area contributed by atoms with Crippen molar-refractivity contribution in [2.45, 2.75) is 58.3 Å². The second kappa shape index (κ2) is 10.6. The largest absolute Gasteiger partial charge is 0.378 e. The number of unbranched alkanes of at least 4 members (excludes halogenated alkanes) is 6. The maximum Gasteiger partial charge on any atom is 0.151 e. The number of hydrogen-bond donors (Lipinski definition) is 1. The topological polar surface area (TPSA) is 29.1 Å². The van der Waals surface area contributed by atoms with Crippen molar-refractivity contribution in [3.8, 4) is 0 Å². The third-order valence-electron chi connectivity index (χ3n) is 3.32. The van der Waals surface area contributed by atoms with Gasteiger partial charge in [0.05, 0.1) is 6.54 Å². The van der Waals surface area contributed by atoms with Gasteiger partial charge in [0, 0.05) is 12.1 Å². The number of Topliss-reactive ketones (excluding diaryl/α,β-unsaturated/α-hetero) is 1. The Kier molecular flexibility index (Phi) is 8.78. The van der Waals surface area contributed by atoms with Gasteiger partial charge in [-0.15, -0.1) is 0 Å². The molecule has 106 valence electrons. The average Bonchev–Trinajstić information content (AvgIpc) is 2.45. The van der Waals surface area contributed by atoms with Crippen molar-refractivity contribution < 1.29 is 4.79 Å². The van der Waals surface area contributed by atoms with Gasteiger partial charge in [-0.05, 0) is 18.6 Å². The molecule has 0 aliphatic carbocycles. The van der Waals surface area contributed by atoms with Gasteiger partial charge in [-0.3, -0.25) is 4.79 Å². The molecule has 0 saturated heterocycles. The Bertz CT molecular complexity index is 334. The van der Waals surface area contributed by atoms with E-state index in [9.17, 15) is 4.79 Å². The van der Waals surface area contributed by atoms with E-state index < -0.39 is 0 Å². The van der Waals surface area contributed by atoms with Crippen LogP contribution in [-0.2, 0) is 4.79 Å². The Morgan fingerprint density at radius 3 is 2.26 bits per heavy atom. The number of hydrogen-bond acceptors (Lipinski definition) is 2. The predicted molar refractivity (Wildman–Crippen MR) is 82.5 cm³/mol. The summed E-state index contributed by atoms with van der Waals surface area (Å²) in [7, 11) is 0. The van der Waals surface area contributed by atoms with Crippen LogP contribution in [0, 0.1) is 0 Å². The monoisotopic (exact) mass is 261 g/mol. The first-order chi connectivity index (χ1) is 9.33. The van der Waals surface area contributed by atoms with Gasteiger partial charge in [0.1, 0.15) is 0 Å². The van der Waals surface area contributed by atoms with Crippen LogP contribution in [0.4, 0.5) is 5.69 Å². The number of benzene rings is 1. The minimum absolute atomic E-state index is 0.317. The van der Waals surface area contributed by atoms with Gasteiger partial charge in [-0.25, -0.2) is 0 Å². The van der Waals surface area contributed by atoms with Crippen molar-refractivity contribution >= 4 is 11.5 Å². The molecular weight excluding hydrogens is 234 g/mol. The molecule has 1 aromatic rings. The third kappa shape index (κ3) is 8.41. The summed E-state index contributed by atoms with van der Waals surface area (Å²) in [6.07, 6.45) is 9.54. The predicted octanol–water partition coefficient (Wildman–Crippen LogP) is 4.81. The van der Waals surface area contributed by atoms with Gasteiger partial charge in [0.15, 0.2) is 5.78 Å². The molecule has 0 radical (unpaired) electrons. The van der Waals surface area contributed by atoms with Crippen LogP contribution in [0.15, 0.2) is 30.3 Å². The van der Waals surface area contributed by atoms with E-state index in [2.05, 4.69) is 12.2 Å². The van der Waals surface area contributed by atoms with Gasteiger partial charge >= 0.3 is 0 Å². The maximum absolute atomic E-state index is 11.7. The minimum Gasteiger partial charge on any atom is -0.378 e. The summed E-state index contributed by atoms with van der Waals surface area (Å²) >= 11 is 0. The highest BCUT2D eigenvalue weighted by molar-refractivity contribution is 5.82. The number of rotatable bonds is 11. The van der Waals surface area contributed by atoms with Gasteiger partial charge in [0.2, 0.25) is 0 Å². The number of carbonyl (C=O) groups is 1. The van der Waals surface area contributed by atoms with Crippen LogP contribution in [-0.4, -0.2) is 12.3 Å². The number of ketones is 1. The molecule has 0 atom stereocenters. The third-order valence-corrected chi connectivity index (χ3v) is 3.32. The fourth-order valence-corrected chi connectivity index (χ4v) is 2.12. The van der Waals surface area contributed by atoms with Crippen LogP contribution in [0.5, 0.6) is 0 Å². The molecule has 1 aromatic carbocycles. The lowest BCUT2D eigenvalue weighted by atomic mass is 10.1. The first kappa shape index (κ1) is 15.7. The summed E-state index contributed by atoms with van der Waals surface area (Å²) < 4.78 is 0. The molecule has 0 aliphatic rings. The summed E-state index contributed by atoms with van der Waals surface area (Å²) in [5.41, 5.74) is 1.02. The molecule has 2 heteroatoms. The van der Waals surface area contributed by atoms with Crippen LogP contribution >= 0.6 is 0 Å². The molecule has 0 aromatic heterocycles. The first-order valence-corrected chi connectivity index (χ1v) is 7.63. The van der Waals surface area contributed by atoms with Gasteiger partial charge < -0.3 is 5.32 Å². The van der Waals surface area contributed by atoms with Crippen LogP contribution < -0.4 is 5.32 Å². The van der Waals surface area contributed by atoms with Gasteiger partial charge in [-0.1, -0.05) is 63.6 Å². The Balaban J connectivity index is 1.96. The molecule has 0 bridgehead atoms. The summed E-state index contributed by atoms with van der Waals surface area (Å²) in [6.45, 7) is 2.69. The van der Waals surface area contributed by atoms with Crippen molar-refractivity contribution in [1.29, 1.82) is 0 Å². The van der Waals surface area contributed by atoms with E-state index in [1.54, 1.807) is 0 Å². The van der Waals surface area contributed by atoms with Crippen LogP contribution in [0.3, 0.4) is 0 Å². The van der Waals surface area contributed by atoms with Crippen LogP contribution in [0.2, 0.25) is 0 Å². The molecular formula is C17H27NO. The SMILES string of the molecule is CCCCCCCCCC(=O)CNc1ccccc1. The molecule has 0 fully saturated rings. The Hall–Kier alpha value is -1.31. The smallest absolute Gasteiger partial charge is 0.151 e.